The fourth-order valence-corrected chi connectivity index (χ4v) is 5.63. The molecule has 1 heterocycles. The zero-order valence-electron chi connectivity index (χ0n) is 27.8. The second kappa shape index (κ2) is 16.4. The number of aliphatic hydroxyl groups excluding tert-OH is 1. The van der Waals surface area contributed by atoms with Gasteiger partial charge in [-0.3, -0.25) is 14.4 Å². The van der Waals surface area contributed by atoms with E-state index in [9.17, 15) is 37.5 Å². The molecule has 3 atom stereocenters. The van der Waals surface area contributed by atoms with Crippen LogP contribution in [0.1, 0.15) is 54.4 Å². The average Bonchev–Trinajstić information content (AvgIpc) is 3.89. The van der Waals surface area contributed by atoms with Crippen LogP contribution in [0.25, 0.3) is 0 Å². The molecule has 0 spiro atoms. The van der Waals surface area contributed by atoms with Crippen molar-refractivity contribution >= 4 is 52.9 Å². The van der Waals surface area contributed by atoms with Gasteiger partial charge in [-0.25, -0.2) is 4.79 Å². The van der Waals surface area contributed by atoms with Gasteiger partial charge in [-0.05, 0) is 80.5 Å². The number of carbonyl (C=O) groups is 4. The Labute approximate surface area is 300 Å². The molecule has 2 aliphatic carbocycles. The highest BCUT2D eigenvalue weighted by Gasteiger charge is 2.45. The van der Waals surface area contributed by atoms with E-state index < -0.39 is 66.7 Å². The number of halogens is 4. The van der Waals surface area contributed by atoms with Gasteiger partial charge in [0.2, 0.25) is 11.9 Å². The molecule has 5 rings (SSSR count). The summed E-state index contributed by atoms with van der Waals surface area (Å²) in [6.45, 7) is -2.08. The van der Waals surface area contributed by atoms with Crippen molar-refractivity contribution in [3.05, 3.63) is 64.7 Å². The Hall–Kier alpha value is -5.23. The summed E-state index contributed by atoms with van der Waals surface area (Å²) in [4.78, 5) is 62.4. The van der Waals surface area contributed by atoms with Crippen LogP contribution >= 0.6 is 11.6 Å². The molecule has 278 valence electrons. The Morgan fingerprint density at radius 1 is 0.981 bits per heavy atom. The molecule has 0 bridgehead atoms. The monoisotopic (exact) mass is 748 g/mol. The summed E-state index contributed by atoms with van der Waals surface area (Å²) in [6, 6.07) is 10.5. The summed E-state index contributed by atoms with van der Waals surface area (Å²) in [7, 11) is 1.09. The van der Waals surface area contributed by atoms with Crippen molar-refractivity contribution in [2.45, 2.75) is 68.4 Å². The quantitative estimate of drug-likeness (QED) is 0.110. The van der Waals surface area contributed by atoms with E-state index in [1.807, 2.05) is 12.1 Å². The van der Waals surface area contributed by atoms with Crippen molar-refractivity contribution in [2.75, 3.05) is 30.9 Å². The minimum absolute atomic E-state index is 0.0377. The van der Waals surface area contributed by atoms with Crippen molar-refractivity contribution in [1.29, 1.82) is 0 Å². The number of alkyl halides is 3. The summed E-state index contributed by atoms with van der Waals surface area (Å²) in [5, 5.41) is 23.7. The average molecular weight is 749 g/mol. The molecule has 2 aromatic carbocycles. The molecule has 1 aromatic heterocycles. The first-order valence-electron chi connectivity index (χ1n) is 16.2. The maximum absolute atomic E-state index is 13.0. The molecule has 2 saturated carbocycles. The van der Waals surface area contributed by atoms with Gasteiger partial charge in [-0.1, -0.05) is 23.7 Å². The Morgan fingerprint density at radius 2 is 1.67 bits per heavy atom. The molecule has 2 aliphatic rings. The number of hydrogen-bond acceptors (Lipinski definition) is 12. The van der Waals surface area contributed by atoms with E-state index in [2.05, 4.69) is 41.5 Å². The topological polar surface area (TPSA) is 206 Å². The summed E-state index contributed by atoms with van der Waals surface area (Å²) < 4.78 is 48.3. The van der Waals surface area contributed by atoms with E-state index in [-0.39, 0.29) is 23.5 Å². The van der Waals surface area contributed by atoms with Crippen LogP contribution in [0.3, 0.4) is 0 Å². The van der Waals surface area contributed by atoms with Gasteiger partial charge in [0.05, 0.1) is 18.8 Å². The molecular weight excluding hydrogens is 713 g/mol. The van der Waals surface area contributed by atoms with Gasteiger partial charge in [0.1, 0.15) is 6.04 Å². The smallest absolute Gasteiger partial charge is 0.422 e. The summed E-state index contributed by atoms with van der Waals surface area (Å²) >= 11 is 6.02. The number of nitrogens with zero attached hydrogens (tertiary/aromatic N) is 3. The molecule has 2 fully saturated rings. The number of esters is 1. The van der Waals surface area contributed by atoms with Gasteiger partial charge in [0.15, 0.2) is 6.61 Å². The van der Waals surface area contributed by atoms with Crippen LogP contribution in [0.5, 0.6) is 6.01 Å². The largest absolute Gasteiger partial charge is 0.467 e. The Balaban J connectivity index is 1.22. The Kier molecular flexibility index (Phi) is 12.0. The van der Waals surface area contributed by atoms with Gasteiger partial charge < -0.3 is 41.2 Å². The predicted octanol–water partition coefficient (Wildman–Crippen LogP) is 3.12. The SMILES string of the molecule is COC(=O)[C@H](CNC(=O)C(=O)NC1CCCC(O)C1)NC(=O)c1ccc(Nc2nc(NC3(c4ccc(Cl)cc4)CC3)nc(OCC(F)(F)F)n2)cc1. The molecule has 3 aromatic rings. The first-order valence-corrected chi connectivity index (χ1v) is 16.6. The van der Waals surface area contributed by atoms with Gasteiger partial charge in [-0.15, -0.1) is 0 Å². The van der Waals surface area contributed by atoms with Crippen LogP contribution in [0.2, 0.25) is 5.02 Å². The molecule has 6 N–H and O–H groups in total. The molecule has 15 nitrogen and oxygen atoms in total. The molecule has 3 amide bonds. The second-order valence-corrected chi connectivity index (χ2v) is 12.8. The zero-order valence-corrected chi connectivity index (χ0v) is 28.5. The first kappa shape index (κ1) is 38.0. The third-order valence-electron chi connectivity index (χ3n) is 8.33. The van der Waals surface area contributed by atoms with E-state index in [1.165, 1.54) is 24.3 Å². The highest BCUT2D eigenvalue weighted by atomic mass is 35.5. The van der Waals surface area contributed by atoms with Crippen LogP contribution < -0.4 is 31.3 Å². The number of amides is 3. The molecule has 0 radical (unpaired) electrons. The molecule has 2 unspecified atom stereocenters. The van der Waals surface area contributed by atoms with Crippen molar-refractivity contribution in [2.24, 2.45) is 0 Å². The van der Waals surface area contributed by atoms with Gasteiger partial charge in [0, 0.05) is 28.9 Å². The minimum atomic E-state index is -4.64. The van der Waals surface area contributed by atoms with Crippen LogP contribution in [0.4, 0.5) is 30.8 Å². The molecule has 0 aliphatic heterocycles. The van der Waals surface area contributed by atoms with Crippen molar-refractivity contribution in [3.63, 3.8) is 0 Å². The normalized spacial score (nSPS) is 18.3. The lowest BCUT2D eigenvalue weighted by Crippen LogP contribution is -2.52. The number of aromatic nitrogens is 3. The number of benzene rings is 2. The van der Waals surface area contributed by atoms with Crippen molar-refractivity contribution in [3.8, 4) is 6.01 Å². The number of aliphatic hydroxyl groups is 1. The Bertz CT molecular complexity index is 1760. The van der Waals surface area contributed by atoms with E-state index in [0.717, 1.165) is 12.7 Å². The van der Waals surface area contributed by atoms with Crippen molar-refractivity contribution < 1.29 is 46.9 Å². The number of carbonyl (C=O) groups excluding carboxylic acids is 4. The molecular formula is C33H36ClF3N8O7. The zero-order chi connectivity index (χ0) is 37.5. The fraction of sp³-hybridized carbons (Fsp3) is 0.424. The van der Waals surface area contributed by atoms with E-state index in [1.54, 1.807) is 12.1 Å². The summed E-state index contributed by atoms with van der Waals surface area (Å²) in [5.41, 5.74) is 0.751. The summed E-state index contributed by atoms with van der Waals surface area (Å²) in [6.07, 6.45) is -1.54. The number of rotatable bonds is 13. The van der Waals surface area contributed by atoms with Crippen LogP contribution in [-0.4, -0.2) is 88.4 Å². The molecule has 0 saturated heterocycles. The lowest BCUT2D eigenvalue weighted by atomic mass is 9.93. The van der Waals surface area contributed by atoms with Crippen LogP contribution in [-0.2, 0) is 24.7 Å². The number of hydrogen-bond donors (Lipinski definition) is 6. The van der Waals surface area contributed by atoms with E-state index >= 15 is 0 Å². The molecule has 52 heavy (non-hydrogen) atoms. The maximum atomic E-state index is 13.0. The van der Waals surface area contributed by atoms with Crippen molar-refractivity contribution in [1.82, 2.24) is 30.9 Å². The maximum Gasteiger partial charge on any atom is 0.422 e. The predicted molar refractivity (Wildman–Crippen MR) is 180 cm³/mol. The highest BCUT2D eigenvalue weighted by molar-refractivity contribution is 6.35. The highest BCUT2D eigenvalue weighted by Crippen LogP contribution is 2.48. The number of anilines is 3. The van der Waals surface area contributed by atoms with Crippen LogP contribution in [0, 0.1) is 0 Å². The fourth-order valence-electron chi connectivity index (χ4n) is 5.51. The number of ether oxygens (including phenoxy) is 2. The Morgan fingerprint density at radius 3 is 2.31 bits per heavy atom. The third-order valence-corrected chi connectivity index (χ3v) is 8.58. The van der Waals surface area contributed by atoms with Gasteiger partial charge in [-0.2, -0.15) is 28.1 Å². The van der Waals surface area contributed by atoms with Gasteiger partial charge in [0.25, 0.3) is 5.91 Å². The van der Waals surface area contributed by atoms with Gasteiger partial charge >= 0.3 is 30.0 Å². The lowest BCUT2D eigenvalue weighted by Gasteiger charge is -2.26. The van der Waals surface area contributed by atoms with E-state index in [4.69, 9.17) is 21.1 Å². The minimum Gasteiger partial charge on any atom is -0.467 e. The lowest BCUT2D eigenvalue weighted by molar-refractivity contribution is -0.154. The first-order chi connectivity index (χ1) is 24.7. The standard InChI is InChI=1S/C33H36ClF3N8O7/c1-51-28(50)24(16-38-26(48)27(49)39-22-3-2-4-23(46)15-22)41-25(47)18-5-11-21(12-6-18)40-29-42-30(44-31(43-29)52-17-33(35,36)37)45-32(13-14-32)19-7-9-20(34)10-8-19/h5-12,22-24,46H,2-4,13-17H2,1H3,(H,38,48)(H,39,49)(H,41,47)(H2,40,42,43,44,45)/t22?,23?,24-/m0/s1. The third kappa shape index (κ3) is 10.6. The second-order valence-electron chi connectivity index (χ2n) is 12.3. The number of nitrogens with one attached hydrogen (secondary N) is 5. The van der Waals surface area contributed by atoms with E-state index in [0.29, 0.717) is 49.2 Å². The summed E-state index contributed by atoms with van der Waals surface area (Å²) in [5.74, 6) is -3.75. The van der Waals surface area contributed by atoms with Crippen LogP contribution in [0.15, 0.2) is 48.5 Å². The molecule has 19 heteroatoms. The number of methoxy groups -OCH3 is 1.